The lowest BCUT2D eigenvalue weighted by atomic mass is 10.1. The van der Waals surface area contributed by atoms with E-state index in [4.69, 9.17) is 0 Å². The minimum Gasteiger partial charge on any atom is -0.352 e. The lowest BCUT2D eigenvalue weighted by Gasteiger charge is -2.02. The van der Waals surface area contributed by atoms with E-state index in [1.165, 1.54) is 5.56 Å². The molecule has 20 heavy (non-hydrogen) atoms. The van der Waals surface area contributed by atoms with Crippen LogP contribution in [-0.4, -0.2) is 12.5 Å². The van der Waals surface area contributed by atoms with Crippen LogP contribution in [0.1, 0.15) is 11.1 Å². The minimum atomic E-state index is -0.0686. The molecule has 0 spiro atoms. The molecular formula is C17H16BrNO. The van der Waals surface area contributed by atoms with Crippen molar-refractivity contribution in [1.29, 1.82) is 0 Å². The second kappa shape index (κ2) is 7.65. The molecule has 3 heteroatoms. The lowest BCUT2D eigenvalue weighted by Crippen LogP contribution is -2.23. The summed E-state index contributed by atoms with van der Waals surface area (Å²) < 4.78 is 1.00. The first-order chi connectivity index (χ1) is 9.74. The highest BCUT2D eigenvalue weighted by Crippen LogP contribution is 2.12. The number of nitrogens with one attached hydrogen (secondary N) is 1. The molecule has 0 radical (unpaired) electrons. The van der Waals surface area contributed by atoms with E-state index >= 15 is 0 Å². The standard InChI is InChI=1S/C17H16BrNO/c18-16-8-4-7-15(13-16)9-10-17(20)19-12-11-14-5-2-1-3-6-14/h1-10,13H,11-12H2,(H,19,20)/b10-9+. The second-order valence-corrected chi connectivity index (χ2v) is 5.33. The summed E-state index contributed by atoms with van der Waals surface area (Å²) in [6, 6.07) is 17.9. The Labute approximate surface area is 127 Å². The average molecular weight is 330 g/mol. The molecule has 2 nitrogen and oxygen atoms in total. The van der Waals surface area contributed by atoms with Gasteiger partial charge in [-0.15, -0.1) is 0 Å². The summed E-state index contributed by atoms with van der Waals surface area (Å²) in [5, 5.41) is 2.88. The van der Waals surface area contributed by atoms with Crippen LogP contribution in [0.4, 0.5) is 0 Å². The monoisotopic (exact) mass is 329 g/mol. The summed E-state index contributed by atoms with van der Waals surface area (Å²) in [6.07, 6.45) is 4.21. The summed E-state index contributed by atoms with van der Waals surface area (Å²) in [5.41, 5.74) is 2.22. The predicted octanol–water partition coefficient (Wildman–Crippen LogP) is 3.82. The Hall–Kier alpha value is -1.87. The molecule has 0 fully saturated rings. The maximum Gasteiger partial charge on any atom is 0.244 e. The quantitative estimate of drug-likeness (QED) is 0.830. The zero-order valence-corrected chi connectivity index (χ0v) is 12.6. The van der Waals surface area contributed by atoms with E-state index in [9.17, 15) is 4.79 Å². The number of rotatable bonds is 5. The maximum absolute atomic E-state index is 11.7. The Morgan fingerprint density at radius 1 is 1.10 bits per heavy atom. The van der Waals surface area contributed by atoms with Crippen molar-refractivity contribution in [2.75, 3.05) is 6.54 Å². The van der Waals surface area contributed by atoms with E-state index in [-0.39, 0.29) is 5.91 Å². The lowest BCUT2D eigenvalue weighted by molar-refractivity contribution is -0.116. The van der Waals surface area contributed by atoms with Crippen molar-refractivity contribution in [3.8, 4) is 0 Å². The van der Waals surface area contributed by atoms with Gasteiger partial charge in [-0.2, -0.15) is 0 Å². The molecule has 2 aromatic rings. The molecule has 102 valence electrons. The van der Waals surface area contributed by atoms with Crippen molar-refractivity contribution < 1.29 is 4.79 Å². The molecule has 0 bridgehead atoms. The fourth-order valence-electron chi connectivity index (χ4n) is 1.82. The van der Waals surface area contributed by atoms with Crippen LogP contribution in [0.2, 0.25) is 0 Å². The molecule has 0 aromatic heterocycles. The van der Waals surface area contributed by atoms with Crippen LogP contribution in [0.3, 0.4) is 0 Å². The Morgan fingerprint density at radius 2 is 1.90 bits per heavy atom. The molecule has 0 atom stereocenters. The van der Waals surface area contributed by atoms with Crippen LogP contribution in [0.15, 0.2) is 65.1 Å². The highest BCUT2D eigenvalue weighted by Gasteiger charge is 1.96. The summed E-state index contributed by atoms with van der Waals surface area (Å²) in [7, 11) is 0. The number of hydrogen-bond donors (Lipinski definition) is 1. The first-order valence-electron chi connectivity index (χ1n) is 6.49. The highest BCUT2D eigenvalue weighted by atomic mass is 79.9. The van der Waals surface area contributed by atoms with Gasteiger partial charge in [-0.05, 0) is 35.8 Å². The smallest absolute Gasteiger partial charge is 0.244 e. The molecule has 0 aliphatic rings. The van der Waals surface area contributed by atoms with Crippen LogP contribution in [0.25, 0.3) is 6.08 Å². The van der Waals surface area contributed by atoms with Gasteiger partial charge in [-0.3, -0.25) is 4.79 Å². The molecular weight excluding hydrogens is 314 g/mol. The fraction of sp³-hybridized carbons (Fsp3) is 0.118. The fourth-order valence-corrected chi connectivity index (χ4v) is 2.23. The number of benzene rings is 2. The van der Waals surface area contributed by atoms with Gasteiger partial charge in [0, 0.05) is 17.1 Å². The molecule has 2 aromatic carbocycles. The Morgan fingerprint density at radius 3 is 2.65 bits per heavy atom. The molecule has 0 aliphatic heterocycles. The Balaban J connectivity index is 1.78. The molecule has 0 saturated heterocycles. The van der Waals surface area contributed by atoms with E-state index < -0.39 is 0 Å². The summed E-state index contributed by atoms with van der Waals surface area (Å²) in [6.45, 7) is 0.645. The van der Waals surface area contributed by atoms with Crippen molar-refractivity contribution in [3.63, 3.8) is 0 Å². The Bertz CT molecular complexity index is 593. The van der Waals surface area contributed by atoms with Crippen molar-refractivity contribution >= 4 is 27.9 Å². The highest BCUT2D eigenvalue weighted by molar-refractivity contribution is 9.10. The van der Waals surface area contributed by atoms with Gasteiger partial charge in [0.05, 0.1) is 0 Å². The first kappa shape index (κ1) is 14.5. The zero-order valence-electron chi connectivity index (χ0n) is 11.1. The first-order valence-corrected chi connectivity index (χ1v) is 7.29. The van der Waals surface area contributed by atoms with Crippen molar-refractivity contribution in [3.05, 3.63) is 76.3 Å². The van der Waals surface area contributed by atoms with Gasteiger partial charge in [-0.25, -0.2) is 0 Å². The van der Waals surface area contributed by atoms with E-state index in [1.54, 1.807) is 6.08 Å². The van der Waals surface area contributed by atoms with Crippen LogP contribution >= 0.6 is 15.9 Å². The second-order valence-electron chi connectivity index (χ2n) is 4.41. The van der Waals surface area contributed by atoms with E-state index in [1.807, 2.05) is 48.5 Å². The third kappa shape index (κ3) is 5.02. The zero-order chi connectivity index (χ0) is 14.2. The van der Waals surface area contributed by atoms with Crippen molar-refractivity contribution in [2.45, 2.75) is 6.42 Å². The molecule has 0 aliphatic carbocycles. The van der Waals surface area contributed by atoms with E-state index in [0.717, 1.165) is 16.5 Å². The van der Waals surface area contributed by atoms with Gasteiger partial charge >= 0.3 is 0 Å². The molecule has 0 heterocycles. The SMILES string of the molecule is O=C(/C=C/c1cccc(Br)c1)NCCc1ccccc1. The summed E-state index contributed by atoms with van der Waals surface area (Å²) >= 11 is 3.40. The van der Waals surface area contributed by atoms with E-state index in [2.05, 4.69) is 33.4 Å². The van der Waals surface area contributed by atoms with Gasteiger partial charge in [0.1, 0.15) is 0 Å². The maximum atomic E-state index is 11.7. The third-order valence-electron chi connectivity index (χ3n) is 2.83. The number of halogens is 1. The summed E-state index contributed by atoms with van der Waals surface area (Å²) in [5.74, 6) is -0.0686. The third-order valence-corrected chi connectivity index (χ3v) is 3.32. The van der Waals surface area contributed by atoms with Gasteiger partial charge in [-0.1, -0.05) is 58.4 Å². The predicted molar refractivity (Wildman–Crippen MR) is 86.3 cm³/mol. The molecule has 0 saturated carbocycles. The summed E-state index contributed by atoms with van der Waals surface area (Å²) in [4.78, 5) is 11.7. The topological polar surface area (TPSA) is 29.1 Å². The van der Waals surface area contributed by atoms with E-state index in [0.29, 0.717) is 6.54 Å². The van der Waals surface area contributed by atoms with Gasteiger partial charge in [0.2, 0.25) is 5.91 Å². The minimum absolute atomic E-state index is 0.0686. The van der Waals surface area contributed by atoms with Crippen LogP contribution < -0.4 is 5.32 Å². The average Bonchev–Trinajstić information content (AvgIpc) is 2.46. The molecule has 0 unspecified atom stereocenters. The number of carbonyl (C=O) groups is 1. The van der Waals surface area contributed by atoms with Crippen LogP contribution in [0, 0.1) is 0 Å². The van der Waals surface area contributed by atoms with Gasteiger partial charge in [0.25, 0.3) is 0 Å². The number of amides is 1. The number of carbonyl (C=O) groups excluding carboxylic acids is 1. The molecule has 1 amide bonds. The van der Waals surface area contributed by atoms with Crippen molar-refractivity contribution in [2.24, 2.45) is 0 Å². The Kier molecular flexibility index (Phi) is 5.56. The number of hydrogen-bond acceptors (Lipinski definition) is 1. The van der Waals surface area contributed by atoms with Crippen LogP contribution in [0.5, 0.6) is 0 Å². The molecule has 1 N–H and O–H groups in total. The largest absolute Gasteiger partial charge is 0.352 e. The van der Waals surface area contributed by atoms with Gasteiger partial charge in [0.15, 0.2) is 0 Å². The normalized spacial score (nSPS) is 10.7. The molecule has 2 rings (SSSR count). The van der Waals surface area contributed by atoms with Crippen molar-refractivity contribution in [1.82, 2.24) is 5.32 Å². The van der Waals surface area contributed by atoms with Gasteiger partial charge < -0.3 is 5.32 Å². The van der Waals surface area contributed by atoms with Crippen LogP contribution in [-0.2, 0) is 11.2 Å².